The van der Waals surface area contributed by atoms with E-state index in [4.69, 9.17) is 23.0 Å². The third kappa shape index (κ3) is 8.34. The molecule has 10 nitrogen and oxygen atoms in total. The topological polar surface area (TPSA) is 130 Å². The van der Waals surface area contributed by atoms with Crippen molar-refractivity contribution in [3.63, 3.8) is 0 Å². The van der Waals surface area contributed by atoms with E-state index in [2.05, 4.69) is 5.32 Å². The molecule has 1 fully saturated rings. The van der Waals surface area contributed by atoms with E-state index in [1.54, 1.807) is 38.1 Å². The van der Waals surface area contributed by atoms with E-state index in [-0.39, 0.29) is 43.5 Å². The Bertz CT molecular complexity index is 1040. The van der Waals surface area contributed by atoms with Gasteiger partial charge in [0.15, 0.2) is 6.79 Å². The number of nitrogens with one attached hydrogen (secondary N) is 1. The van der Waals surface area contributed by atoms with Crippen LogP contribution < -0.4 is 10.1 Å². The summed E-state index contributed by atoms with van der Waals surface area (Å²) < 4.78 is 39.6. The number of hydrogen-bond donors (Lipinski definition) is 2. The Balaban J connectivity index is 1.60. The van der Waals surface area contributed by atoms with Gasteiger partial charge in [-0.15, -0.1) is 0 Å². The third-order valence-corrected chi connectivity index (χ3v) is 7.36. The van der Waals surface area contributed by atoms with Gasteiger partial charge in [0.2, 0.25) is 5.91 Å². The number of aromatic hydroxyl groups is 1. The molecule has 2 amide bonds. The number of benzene rings is 2. The highest BCUT2D eigenvalue weighted by atomic mass is 32.2. The summed E-state index contributed by atoms with van der Waals surface area (Å²) in [5, 5.41) is 11.4. The van der Waals surface area contributed by atoms with E-state index in [9.17, 15) is 19.3 Å². The molecule has 1 heterocycles. The molecule has 1 saturated heterocycles. The van der Waals surface area contributed by atoms with E-state index in [1.165, 1.54) is 12.1 Å². The van der Waals surface area contributed by atoms with Gasteiger partial charge < -0.3 is 14.6 Å². The second kappa shape index (κ2) is 13.1. The summed E-state index contributed by atoms with van der Waals surface area (Å²) in [5.41, 5.74) is 1.51. The molecule has 1 aliphatic rings. The molecule has 2 atom stereocenters. The third-order valence-electron chi connectivity index (χ3n) is 4.81. The first-order chi connectivity index (χ1) is 16.8. The van der Waals surface area contributed by atoms with E-state index >= 15 is 0 Å². The number of thioether (sulfide) groups is 1. The molecule has 1 aliphatic heterocycles. The number of phosphoric acid groups is 1. The molecular formula is C23H28NO9PS. The molecule has 2 aromatic carbocycles. The van der Waals surface area contributed by atoms with Crippen molar-refractivity contribution in [3.05, 3.63) is 59.7 Å². The SMILES string of the molecule is CCOP(=O)(OCC)OCOC(COc1ccc(CC2SC(=O)NC2=O)cc1)c1cccc(O)c1. The van der Waals surface area contributed by atoms with Crippen molar-refractivity contribution in [1.29, 1.82) is 0 Å². The van der Waals surface area contributed by atoms with Gasteiger partial charge in [-0.25, -0.2) is 4.57 Å². The summed E-state index contributed by atoms with van der Waals surface area (Å²) in [4.78, 5) is 23.1. The zero-order valence-corrected chi connectivity index (χ0v) is 21.1. The van der Waals surface area contributed by atoms with Gasteiger partial charge in [-0.05, 0) is 55.7 Å². The van der Waals surface area contributed by atoms with Crippen molar-refractivity contribution in [2.24, 2.45) is 0 Å². The fourth-order valence-corrected chi connectivity index (χ4v) is 5.11. The molecule has 2 unspecified atom stereocenters. The van der Waals surface area contributed by atoms with Crippen LogP contribution in [0.3, 0.4) is 0 Å². The van der Waals surface area contributed by atoms with Crippen molar-refractivity contribution >= 4 is 30.7 Å². The molecule has 0 aliphatic carbocycles. The average molecular weight is 526 g/mol. The van der Waals surface area contributed by atoms with Crippen LogP contribution in [0.15, 0.2) is 48.5 Å². The number of hydrogen-bond acceptors (Lipinski definition) is 10. The molecule has 2 aromatic rings. The lowest BCUT2D eigenvalue weighted by Gasteiger charge is -2.21. The van der Waals surface area contributed by atoms with Gasteiger partial charge in [0.1, 0.15) is 24.2 Å². The summed E-state index contributed by atoms with van der Waals surface area (Å²) in [6, 6.07) is 13.6. The first kappa shape index (κ1) is 27.2. The molecule has 2 N–H and O–H groups in total. The first-order valence-corrected chi connectivity index (χ1v) is 13.3. The van der Waals surface area contributed by atoms with Crippen LogP contribution >= 0.6 is 19.6 Å². The van der Waals surface area contributed by atoms with Gasteiger partial charge >= 0.3 is 7.82 Å². The molecule has 3 rings (SSSR count). The quantitative estimate of drug-likeness (QED) is 0.267. The minimum atomic E-state index is -3.75. The van der Waals surface area contributed by atoms with Gasteiger partial charge in [-0.1, -0.05) is 36.0 Å². The molecular weight excluding hydrogens is 497 g/mol. The highest BCUT2D eigenvalue weighted by molar-refractivity contribution is 8.15. The summed E-state index contributed by atoms with van der Waals surface area (Å²) in [5.74, 6) is 0.326. The Labute approximate surface area is 207 Å². The number of carbonyl (C=O) groups is 2. The van der Waals surface area contributed by atoms with Crippen molar-refractivity contribution in [1.82, 2.24) is 5.32 Å². The van der Waals surface area contributed by atoms with Crippen LogP contribution in [-0.4, -0.2) is 48.1 Å². The number of phenolic OH excluding ortho intramolecular Hbond substituents is 1. The largest absolute Gasteiger partial charge is 0.508 e. The number of carbonyl (C=O) groups excluding carboxylic acids is 2. The molecule has 0 saturated carbocycles. The van der Waals surface area contributed by atoms with E-state index in [0.29, 0.717) is 17.7 Å². The zero-order chi connectivity index (χ0) is 25.3. The van der Waals surface area contributed by atoms with Gasteiger partial charge in [0.25, 0.3) is 5.24 Å². The van der Waals surface area contributed by atoms with Crippen LogP contribution in [0.1, 0.15) is 31.1 Å². The lowest BCUT2D eigenvalue weighted by molar-refractivity contribution is -0.118. The van der Waals surface area contributed by atoms with Crippen molar-refractivity contribution in [3.8, 4) is 11.5 Å². The summed E-state index contributed by atoms with van der Waals surface area (Å²) in [6.45, 7) is 3.31. The monoisotopic (exact) mass is 525 g/mol. The number of phosphoric ester groups is 1. The number of rotatable bonds is 14. The lowest BCUT2D eigenvalue weighted by atomic mass is 10.1. The number of imide groups is 1. The van der Waals surface area contributed by atoms with Crippen LogP contribution in [0.5, 0.6) is 11.5 Å². The van der Waals surface area contributed by atoms with Gasteiger partial charge in [-0.2, -0.15) is 0 Å². The Morgan fingerprint density at radius 2 is 1.77 bits per heavy atom. The molecule has 12 heteroatoms. The van der Waals surface area contributed by atoms with Gasteiger partial charge in [0.05, 0.1) is 18.5 Å². The number of ether oxygens (including phenoxy) is 2. The van der Waals surface area contributed by atoms with Gasteiger partial charge in [-0.3, -0.25) is 28.5 Å². The average Bonchev–Trinajstić information content (AvgIpc) is 3.13. The number of phenols is 1. The maximum absolute atomic E-state index is 12.5. The molecule has 0 aromatic heterocycles. The summed E-state index contributed by atoms with van der Waals surface area (Å²) >= 11 is 0.983. The van der Waals surface area contributed by atoms with Crippen LogP contribution in [0, 0.1) is 0 Å². The smallest absolute Gasteiger partial charge is 0.476 e. The van der Waals surface area contributed by atoms with Crippen LogP contribution in [0.25, 0.3) is 0 Å². The Morgan fingerprint density at radius 3 is 2.37 bits per heavy atom. The standard InChI is InChI=1S/C23H28NO9PS/c1-3-31-34(28,32-4-2)33-15-30-20(17-6-5-7-18(25)13-17)14-29-19-10-8-16(9-11-19)12-21-22(26)24-23(27)35-21/h5-11,13,20-21,25H,3-4,12,14-15H2,1-2H3,(H,24,26,27). The maximum atomic E-state index is 12.5. The van der Waals surface area contributed by atoms with Gasteiger partial charge in [0, 0.05) is 0 Å². The van der Waals surface area contributed by atoms with Crippen molar-refractivity contribution in [2.45, 2.75) is 31.6 Å². The molecule has 0 radical (unpaired) electrons. The number of amides is 2. The second-order valence-electron chi connectivity index (χ2n) is 7.32. The Morgan fingerprint density at radius 1 is 1.06 bits per heavy atom. The fraction of sp³-hybridized carbons (Fsp3) is 0.391. The molecule has 190 valence electrons. The minimum Gasteiger partial charge on any atom is -0.508 e. The second-order valence-corrected chi connectivity index (χ2v) is 10.2. The summed E-state index contributed by atoms with van der Waals surface area (Å²) in [6.07, 6.45) is -0.239. The van der Waals surface area contributed by atoms with Crippen LogP contribution in [-0.2, 0) is 34.1 Å². The van der Waals surface area contributed by atoms with E-state index < -0.39 is 19.2 Å². The first-order valence-electron chi connectivity index (χ1n) is 11.0. The predicted molar refractivity (Wildman–Crippen MR) is 129 cm³/mol. The normalized spacial score (nSPS) is 16.8. The highest BCUT2D eigenvalue weighted by Crippen LogP contribution is 2.49. The Kier molecular flexibility index (Phi) is 10.1. The van der Waals surface area contributed by atoms with Crippen LogP contribution in [0.2, 0.25) is 0 Å². The minimum absolute atomic E-state index is 0.0583. The zero-order valence-electron chi connectivity index (χ0n) is 19.4. The van der Waals surface area contributed by atoms with E-state index in [1.807, 2.05) is 12.1 Å². The van der Waals surface area contributed by atoms with Crippen molar-refractivity contribution in [2.75, 3.05) is 26.6 Å². The van der Waals surface area contributed by atoms with Crippen LogP contribution in [0.4, 0.5) is 4.79 Å². The highest BCUT2D eigenvalue weighted by Gasteiger charge is 2.31. The molecule has 0 spiro atoms. The maximum Gasteiger partial charge on any atom is 0.476 e. The molecule has 35 heavy (non-hydrogen) atoms. The van der Waals surface area contributed by atoms with Crippen molar-refractivity contribution < 1.29 is 42.3 Å². The predicted octanol–water partition coefficient (Wildman–Crippen LogP) is 4.58. The fourth-order valence-electron chi connectivity index (χ4n) is 3.21. The Hall–Kier alpha value is -2.40. The molecule has 0 bridgehead atoms. The lowest BCUT2D eigenvalue weighted by Crippen LogP contribution is -2.25. The van der Waals surface area contributed by atoms with E-state index in [0.717, 1.165) is 17.3 Å². The summed E-state index contributed by atoms with van der Waals surface area (Å²) in [7, 11) is -3.75.